The summed E-state index contributed by atoms with van der Waals surface area (Å²) in [5.41, 5.74) is 6.66. The summed E-state index contributed by atoms with van der Waals surface area (Å²) >= 11 is 0. The van der Waals surface area contributed by atoms with Gasteiger partial charge in [0.2, 0.25) is 11.8 Å². The molecule has 2 fully saturated rings. The Morgan fingerprint density at radius 3 is 1.12 bits per heavy atom. The molecule has 17 heteroatoms. The SMILES string of the molecule is CC(=O)N1CC[N+](C)(c2ccc(O[Si]3(Oc4ccc([N+]5(C)CCN(C(C)=O)CC5)cc4)n4c5c6ccccc6c4N=C4N=C(N=c6c7ccccc7c(n63)=NC3=NC(=N5)c5ccccc53)c3ccccc34)cc2)CC1. The van der Waals surface area contributed by atoms with Crippen molar-refractivity contribution in [2.45, 2.75) is 13.8 Å². The van der Waals surface area contributed by atoms with E-state index in [2.05, 4.69) is 71.1 Å². The minimum absolute atomic E-state index is 0.0954. The average molecular weight is 1010 g/mol. The number of likely N-dealkylation sites (N-methyl/N-ethyl adjacent to an activating group) is 2. The van der Waals surface area contributed by atoms with Gasteiger partial charge in [0.1, 0.15) is 71.7 Å². The predicted molar refractivity (Wildman–Crippen MR) is 295 cm³/mol. The van der Waals surface area contributed by atoms with Gasteiger partial charge in [-0.3, -0.25) is 27.0 Å². The van der Waals surface area contributed by atoms with Crippen LogP contribution in [0.1, 0.15) is 36.1 Å². The highest BCUT2D eigenvalue weighted by Crippen LogP contribution is 2.44. The predicted octanol–water partition coefficient (Wildman–Crippen LogP) is 7.13. The summed E-state index contributed by atoms with van der Waals surface area (Å²) in [6.45, 7) is 9.06. The smallest absolute Gasteiger partial charge is 0.480 e. The van der Waals surface area contributed by atoms with Crippen LogP contribution in [-0.4, -0.2) is 129 Å². The number of fused-ring (bicyclic) bond motifs is 14. The number of hydrogen-bond donors (Lipinski definition) is 0. The molecule has 6 aliphatic heterocycles. The Hall–Kier alpha value is -8.64. The Morgan fingerprint density at radius 2 is 0.760 bits per heavy atom. The lowest BCUT2D eigenvalue weighted by atomic mass is 10.1. The Kier molecular flexibility index (Phi) is 10.0. The summed E-state index contributed by atoms with van der Waals surface area (Å²) < 4.78 is 21.5. The molecule has 2 amide bonds. The summed E-state index contributed by atoms with van der Waals surface area (Å²) in [4.78, 5) is 61.6. The number of rotatable bonds is 6. The molecule has 6 aromatic carbocycles. The number of nitrogens with zero attached hydrogens (tertiary/aromatic N) is 12. The lowest BCUT2D eigenvalue weighted by Gasteiger charge is -2.41. The van der Waals surface area contributed by atoms with Crippen molar-refractivity contribution in [2.75, 3.05) is 66.5 Å². The second kappa shape index (κ2) is 16.7. The second-order valence-corrected chi connectivity index (χ2v) is 23.0. The largest absolute Gasteiger partial charge is 0.738 e. The van der Waals surface area contributed by atoms with Crippen molar-refractivity contribution in [3.8, 4) is 11.5 Å². The number of aromatic nitrogens is 2. The number of benzene rings is 6. The molecule has 6 bridgehead atoms. The van der Waals surface area contributed by atoms with Crippen molar-refractivity contribution in [3.05, 3.63) is 179 Å². The molecule has 2 saturated heterocycles. The van der Waals surface area contributed by atoms with Crippen LogP contribution in [0.3, 0.4) is 0 Å². The molecule has 2 aromatic heterocycles. The molecule has 8 heterocycles. The number of carbonyl (C=O) groups is 2. The topological polar surface area (TPSA) is 143 Å². The van der Waals surface area contributed by atoms with Crippen molar-refractivity contribution in [1.82, 2.24) is 27.2 Å². The Bertz CT molecular complexity index is 3780. The molecule has 0 N–H and O–H groups in total. The van der Waals surface area contributed by atoms with E-state index in [1.54, 1.807) is 13.8 Å². The number of quaternary nitrogens is 2. The zero-order valence-electron chi connectivity index (χ0n) is 42.0. The van der Waals surface area contributed by atoms with E-state index >= 15 is 0 Å². The summed E-state index contributed by atoms with van der Waals surface area (Å²) in [5.74, 6) is 4.36. The fourth-order valence-corrected chi connectivity index (χ4v) is 14.9. The molecule has 6 aliphatic rings. The molecular weight excluding hydrogens is 957 g/mol. The van der Waals surface area contributed by atoms with Gasteiger partial charge in [0.15, 0.2) is 23.3 Å². The third-order valence-electron chi connectivity index (χ3n) is 16.1. The average Bonchev–Trinajstić information content (AvgIpc) is 4.36. The lowest BCUT2D eigenvalue weighted by molar-refractivity contribution is -0.131. The van der Waals surface area contributed by atoms with Crippen molar-refractivity contribution >= 4 is 88.6 Å². The number of carbonyl (C=O) groups excluding carboxylic acids is 2. The van der Waals surface area contributed by atoms with Crippen molar-refractivity contribution < 1.29 is 18.4 Å². The van der Waals surface area contributed by atoms with E-state index < -0.39 is 8.88 Å². The maximum Gasteiger partial charge on any atom is 0.738 e. The number of hydrogen-bond acceptors (Lipinski definition) is 10. The van der Waals surface area contributed by atoms with Gasteiger partial charge in [-0.05, 0) is 24.3 Å². The minimum atomic E-state index is -4.66. The number of amides is 2. The van der Waals surface area contributed by atoms with Crippen LogP contribution in [0, 0.1) is 0 Å². The van der Waals surface area contributed by atoms with Crippen molar-refractivity contribution in [1.29, 1.82) is 0 Å². The Balaban J connectivity index is 1.09. The quantitative estimate of drug-likeness (QED) is 0.129. The maximum atomic E-state index is 12.4. The van der Waals surface area contributed by atoms with Gasteiger partial charge >= 0.3 is 8.88 Å². The molecule has 0 radical (unpaired) electrons. The highest BCUT2D eigenvalue weighted by atomic mass is 28.4. The van der Waals surface area contributed by atoms with E-state index in [1.165, 1.54) is 0 Å². The second-order valence-electron chi connectivity index (χ2n) is 20.6. The Morgan fingerprint density at radius 1 is 0.427 bits per heavy atom. The number of amidine groups is 4. The Labute approximate surface area is 433 Å². The molecule has 370 valence electrons. The molecule has 0 spiro atoms. The van der Waals surface area contributed by atoms with Gasteiger partial charge in [-0.1, -0.05) is 97.1 Å². The van der Waals surface area contributed by atoms with E-state index in [9.17, 15) is 9.59 Å². The number of piperazine rings is 2. The molecule has 0 aliphatic carbocycles. The summed E-state index contributed by atoms with van der Waals surface area (Å²) in [6, 6.07) is 49.1. The first-order valence-corrected chi connectivity index (χ1v) is 27.2. The summed E-state index contributed by atoms with van der Waals surface area (Å²) in [6.07, 6.45) is 0. The molecule has 8 aromatic rings. The van der Waals surface area contributed by atoms with Gasteiger partial charge in [0.25, 0.3) is 0 Å². The first kappa shape index (κ1) is 45.0. The van der Waals surface area contributed by atoms with E-state index in [0.717, 1.165) is 81.4 Å². The standard InChI is InChI=1S/C58H52N12O4Si/c1-37(71)65-29-33-69(3,34-30-65)39-21-25-41(26-22-39)73-75(74-42-27-23-40(24-28-42)70(4)35-31-66(32-36-70)38(2)72)67-55-47-17-9-10-18-48(47)57(67)63-53-45-15-7-8-16-46(45)54(60-53)64-58-50-20-12-11-19-49(50)56(68(58)75)62-52-44-14-6-5-13-43(44)51(59-52)61-55/h5-28H,29-36H2,1-4H3/q+2. The highest BCUT2D eigenvalue weighted by Gasteiger charge is 2.58. The first-order valence-electron chi connectivity index (χ1n) is 25.5. The van der Waals surface area contributed by atoms with E-state index in [0.29, 0.717) is 92.6 Å². The highest BCUT2D eigenvalue weighted by molar-refractivity contribution is 6.67. The van der Waals surface area contributed by atoms with Gasteiger partial charge < -0.3 is 18.7 Å². The van der Waals surface area contributed by atoms with Gasteiger partial charge in [-0.25, -0.2) is 30.0 Å². The summed E-state index contributed by atoms with van der Waals surface area (Å²) in [5, 5.41) is 3.25. The third kappa shape index (κ3) is 7.02. The fraction of sp³-hybridized carbons (Fsp3) is 0.207. The van der Waals surface area contributed by atoms with Gasteiger partial charge in [-0.2, -0.15) is 0 Å². The summed E-state index contributed by atoms with van der Waals surface area (Å²) in [7, 11) is -0.217. The van der Waals surface area contributed by atoms with E-state index in [4.69, 9.17) is 38.8 Å². The van der Waals surface area contributed by atoms with Crippen LogP contribution in [0.15, 0.2) is 176 Å². The molecule has 75 heavy (non-hydrogen) atoms. The van der Waals surface area contributed by atoms with Gasteiger partial charge in [-0.15, -0.1) is 0 Å². The van der Waals surface area contributed by atoms with E-state index in [-0.39, 0.29) is 11.8 Å². The van der Waals surface area contributed by atoms with Crippen molar-refractivity contribution in [3.63, 3.8) is 0 Å². The van der Waals surface area contributed by atoms with Crippen LogP contribution in [0.5, 0.6) is 11.5 Å². The first-order chi connectivity index (χ1) is 36.5. The van der Waals surface area contributed by atoms with Crippen LogP contribution < -0.4 is 28.8 Å². The van der Waals surface area contributed by atoms with Gasteiger partial charge in [0.05, 0.1) is 40.3 Å². The van der Waals surface area contributed by atoms with Crippen LogP contribution in [0.4, 0.5) is 23.0 Å². The van der Waals surface area contributed by atoms with Crippen molar-refractivity contribution in [2.24, 2.45) is 30.0 Å². The van der Waals surface area contributed by atoms with Crippen LogP contribution in [0.2, 0.25) is 0 Å². The monoisotopic (exact) mass is 1010 g/mol. The maximum absolute atomic E-state index is 12.4. The zero-order chi connectivity index (χ0) is 50.8. The van der Waals surface area contributed by atoms with Gasteiger partial charge in [0, 0.05) is 81.9 Å². The molecule has 16 nitrogen and oxygen atoms in total. The normalized spacial score (nSPS) is 18.3. The van der Waals surface area contributed by atoms with E-state index in [1.807, 2.05) is 107 Å². The number of aliphatic imine (C=N–C) groups is 4. The van der Waals surface area contributed by atoms with Crippen LogP contribution in [0.25, 0.3) is 21.5 Å². The molecule has 14 rings (SSSR count). The third-order valence-corrected chi connectivity index (χ3v) is 19.1. The molecular formula is C58H52N12O4Si+2. The molecule has 0 atom stereocenters. The van der Waals surface area contributed by atoms with Crippen LogP contribution >= 0.6 is 0 Å². The molecule has 0 unspecified atom stereocenters. The molecule has 0 saturated carbocycles. The lowest BCUT2D eigenvalue weighted by Crippen LogP contribution is -2.68. The fourth-order valence-electron chi connectivity index (χ4n) is 11.7. The van der Waals surface area contributed by atoms with Crippen LogP contribution in [-0.2, 0) is 9.59 Å². The minimum Gasteiger partial charge on any atom is -0.480 e. The zero-order valence-corrected chi connectivity index (χ0v) is 43.0.